The van der Waals surface area contributed by atoms with Crippen molar-refractivity contribution < 1.29 is 0 Å². The second-order valence-electron chi connectivity index (χ2n) is 4.59. The number of hydrogen-bond donors (Lipinski definition) is 2. The van der Waals surface area contributed by atoms with Gasteiger partial charge in [-0.25, -0.2) is 0 Å². The van der Waals surface area contributed by atoms with E-state index in [0.29, 0.717) is 5.41 Å². The maximum atomic E-state index is 5.89. The highest BCUT2D eigenvalue weighted by Gasteiger charge is 2.31. The molecule has 0 saturated heterocycles. The summed E-state index contributed by atoms with van der Waals surface area (Å²) >= 11 is 1.82. The van der Waals surface area contributed by atoms with Crippen molar-refractivity contribution in [2.75, 3.05) is 13.1 Å². The lowest BCUT2D eigenvalue weighted by Crippen LogP contribution is -2.37. The van der Waals surface area contributed by atoms with Crippen LogP contribution in [0.2, 0.25) is 0 Å². The van der Waals surface area contributed by atoms with Gasteiger partial charge in [-0.05, 0) is 36.2 Å². The zero-order chi connectivity index (χ0) is 10.6. The number of thiophene rings is 1. The van der Waals surface area contributed by atoms with Crippen molar-refractivity contribution in [2.45, 2.75) is 32.2 Å². The molecule has 1 saturated carbocycles. The first-order valence-electron chi connectivity index (χ1n) is 5.78. The Labute approximate surface area is 95.9 Å². The summed E-state index contributed by atoms with van der Waals surface area (Å²) in [5.41, 5.74) is 6.29. The van der Waals surface area contributed by atoms with Gasteiger partial charge in [0.05, 0.1) is 0 Å². The summed E-state index contributed by atoms with van der Waals surface area (Å²) in [6, 6.07) is 4.29. The van der Waals surface area contributed by atoms with Crippen molar-refractivity contribution in [3.8, 4) is 0 Å². The van der Waals surface area contributed by atoms with E-state index >= 15 is 0 Å². The van der Waals surface area contributed by atoms with Crippen molar-refractivity contribution in [3.63, 3.8) is 0 Å². The fourth-order valence-electron chi connectivity index (χ4n) is 2.44. The van der Waals surface area contributed by atoms with Crippen LogP contribution in [0.25, 0.3) is 0 Å². The summed E-state index contributed by atoms with van der Waals surface area (Å²) in [5, 5.41) is 5.68. The van der Waals surface area contributed by atoms with E-state index in [2.05, 4.69) is 22.8 Å². The third kappa shape index (κ3) is 2.80. The first-order valence-corrected chi connectivity index (χ1v) is 6.66. The third-order valence-electron chi connectivity index (χ3n) is 3.48. The van der Waals surface area contributed by atoms with Gasteiger partial charge < -0.3 is 11.1 Å². The molecule has 3 heteroatoms. The molecule has 0 amide bonds. The summed E-state index contributed by atoms with van der Waals surface area (Å²) in [5.74, 6) is 0. The number of rotatable bonds is 5. The normalized spacial score (nSPS) is 19.5. The van der Waals surface area contributed by atoms with Gasteiger partial charge in [0.1, 0.15) is 0 Å². The van der Waals surface area contributed by atoms with Gasteiger partial charge >= 0.3 is 0 Å². The van der Waals surface area contributed by atoms with Crippen LogP contribution in [0.15, 0.2) is 17.5 Å². The highest BCUT2D eigenvalue weighted by molar-refractivity contribution is 7.09. The molecule has 1 heterocycles. The first-order chi connectivity index (χ1) is 7.35. The molecule has 1 aromatic rings. The summed E-state index contributed by atoms with van der Waals surface area (Å²) in [6.45, 7) is 2.92. The third-order valence-corrected chi connectivity index (χ3v) is 4.35. The number of hydrogen-bond acceptors (Lipinski definition) is 3. The van der Waals surface area contributed by atoms with E-state index in [0.717, 1.165) is 19.6 Å². The minimum Gasteiger partial charge on any atom is -0.330 e. The van der Waals surface area contributed by atoms with Crippen molar-refractivity contribution >= 4 is 11.3 Å². The van der Waals surface area contributed by atoms with Gasteiger partial charge in [0.15, 0.2) is 0 Å². The summed E-state index contributed by atoms with van der Waals surface area (Å²) in [7, 11) is 0. The lowest BCUT2D eigenvalue weighted by Gasteiger charge is -2.27. The second kappa shape index (κ2) is 5.10. The zero-order valence-corrected chi connectivity index (χ0v) is 9.98. The van der Waals surface area contributed by atoms with Crippen molar-refractivity contribution in [1.82, 2.24) is 5.32 Å². The SMILES string of the molecule is NCC1(CNCc2cccs2)CCCC1. The van der Waals surface area contributed by atoms with Gasteiger partial charge in [-0.2, -0.15) is 0 Å². The molecule has 15 heavy (non-hydrogen) atoms. The predicted octanol–water partition coefficient (Wildman–Crippen LogP) is 2.36. The Morgan fingerprint density at radius 2 is 2.20 bits per heavy atom. The molecule has 0 aromatic carbocycles. The summed E-state index contributed by atoms with van der Waals surface area (Å²) in [4.78, 5) is 1.42. The van der Waals surface area contributed by atoms with Crippen molar-refractivity contribution in [3.05, 3.63) is 22.4 Å². The minimum absolute atomic E-state index is 0.400. The van der Waals surface area contributed by atoms with Gasteiger partial charge in [0.25, 0.3) is 0 Å². The van der Waals surface area contributed by atoms with Crippen molar-refractivity contribution in [2.24, 2.45) is 11.1 Å². The highest BCUT2D eigenvalue weighted by atomic mass is 32.1. The summed E-state index contributed by atoms with van der Waals surface area (Å²) in [6.07, 6.45) is 5.33. The van der Waals surface area contributed by atoms with Gasteiger partial charge in [-0.1, -0.05) is 18.9 Å². The van der Waals surface area contributed by atoms with Crippen molar-refractivity contribution in [1.29, 1.82) is 0 Å². The van der Waals surface area contributed by atoms with Gasteiger partial charge in [0, 0.05) is 18.0 Å². The van der Waals surface area contributed by atoms with Crippen LogP contribution in [0.3, 0.4) is 0 Å². The standard InChI is InChI=1S/C12H20N2S/c13-9-12(5-1-2-6-12)10-14-8-11-4-3-7-15-11/h3-4,7,14H,1-2,5-6,8-10,13H2. The van der Waals surface area contributed by atoms with Crippen LogP contribution < -0.4 is 11.1 Å². The average molecular weight is 224 g/mol. The molecule has 1 fully saturated rings. The quantitative estimate of drug-likeness (QED) is 0.806. The first kappa shape index (κ1) is 11.1. The Bertz CT molecular complexity index is 276. The highest BCUT2D eigenvalue weighted by Crippen LogP contribution is 2.36. The van der Waals surface area contributed by atoms with Gasteiger partial charge in [-0.15, -0.1) is 11.3 Å². The van der Waals surface area contributed by atoms with E-state index in [-0.39, 0.29) is 0 Å². The Morgan fingerprint density at radius 3 is 2.80 bits per heavy atom. The van der Waals surface area contributed by atoms with Crippen LogP contribution in [-0.2, 0) is 6.54 Å². The van der Waals surface area contributed by atoms with Gasteiger partial charge in [-0.3, -0.25) is 0 Å². The molecule has 84 valence electrons. The lowest BCUT2D eigenvalue weighted by atomic mass is 9.86. The number of nitrogens with one attached hydrogen (secondary N) is 1. The van der Waals surface area contributed by atoms with Crippen LogP contribution in [-0.4, -0.2) is 13.1 Å². The fraction of sp³-hybridized carbons (Fsp3) is 0.667. The largest absolute Gasteiger partial charge is 0.330 e. The van der Waals surface area contributed by atoms with E-state index in [9.17, 15) is 0 Å². The molecule has 0 spiro atoms. The topological polar surface area (TPSA) is 38.0 Å². The fourth-order valence-corrected chi connectivity index (χ4v) is 3.12. The molecule has 1 aliphatic rings. The van der Waals surface area contributed by atoms with Crippen LogP contribution in [0.5, 0.6) is 0 Å². The van der Waals surface area contributed by atoms with E-state index in [4.69, 9.17) is 5.73 Å². The van der Waals surface area contributed by atoms with Crippen LogP contribution in [0.4, 0.5) is 0 Å². The maximum Gasteiger partial charge on any atom is 0.0299 e. The Balaban J connectivity index is 1.77. The van der Waals surface area contributed by atoms with E-state index in [1.165, 1.54) is 30.6 Å². The molecule has 0 aliphatic heterocycles. The van der Waals surface area contributed by atoms with Crippen LogP contribution >= 0.6 is 11.3 Å². The van der Waals surface area contributed by atoms with E-state index in [1.54, 1.807) is 0 Å². The molecular formula is C12H20N2S. The molecule has 0 radical (unpaired) electrons. The van der Waals surface area contributed by atoms with Gasteiger partial charge in [0.2, 0.25) is 0 Å². The Morgan fingerprint density at radius 1 is 1.40 bits per heavy atom. The molecule has 0 atom stereocenters. The minimum atomic E-state index is 0.400. The molecular weight excluding hydrogens is 204 g/mol. The molecule has 2 rings (SSSR count). The van der Waals surface area contributed by atoms with Crippen LogP contribution in [0, 0.1) is 5.41 Å². The molecule has 3 N–H and O–H groups in total. The second-order valence-corrected chi connectivity index (χ2v) is 5.63. The molecule has 0 bridgehead atoms. The lowest BCUT2D eigenvalue weighted by molar-refractivity contribution is 0.290. The molecule has 1 aromatic heterocycles. The Kier molecular flexibility index (Phi) is 3.78. The molecule has 1 aliphatic carbocycles. The Hall–Kier alpha value is -0.380. The maximum absolute atomic E-state index is 5.89. The average Bonchev–Trinajstić information content (AvgIpc) is 2.89. The predicted molar refractivity (Wildman–Crippen MR) is 66.0 cm³/mol. The smallest absolute Gasteiger partial charge is 0.0299 e. The van der Waals surface area contributed by atoms with Crippen LogP contribution in [0.1, 0.15) is 30.6 Å². The molecule has 0 unspecified atom stereocenters. The zero-order valence-electron chi connectivity index (χ0n) is 9.17. The van der Waals surface area contributed by atoms with E-state index in [1.807, 2.05) is 11.3 Å². The molecule has 2 nitrogen and oxygen atoms in total. The number of nitrogens with two attached hydrogens (primary N) is 1. The summed E-state index contributed by atoms with van der Waals surface area (Å²) < 4.78 is 0. The monoisotopic (exact) mass is 224 g/mol. The van der Waals surface area contributed by atoms with E-state index < -0.39 is 0 Å².